The Hall–Kier alpha value is -3.72. The Morgan fingerprint density at radius 1 is 1.16 bits per heavy atom. The lowest BCUT2D eigenvalue weighted by Crippen LogP contribution is -2.17. The molecule has 0 saturated heterocycles. The fourth-order valence-electron chi connectivity index (χ4n) is 2.76. The zero-order valence-electron chi connectivity index (χ0n) is 17.4. The molecule has 0 radical (unpaired) electrons. The molecular weight excluding hydrogens is 478 g/mol. The highest BCUT2D eigenvalue weighted by Gasteiger charge is 2.12. The Labute approximate surface area is 193 Å². The fraction of sp³-hybridized carbons (Fsp3) is 0.130. The number of amides is 1. The lowest BCUT2D eigenvalue weighted by molar-refractivity contribution is -0.384. The van der Waals surface area contributed by atoms with Gasteiger partial charge in [0.2, 0.25) is 0 Å². The average Bonchev–Trinajstić information content (AvgIpc) is 2.78. The van der Waals surface area contributed by atoms with Gasteiger partial charge in [-0.05, 0) is 70.4 Å². The predicted octanol–water partition coefficient (Wildman–Crippen LogP) is 5.02. The van der Waals surface area contributed by atoms with E-state index in [0.29, 0.717) is 27.1 Å². The van der Waals surface area contributed by atoms with Gasteiger partial charge in [0.25, 0.3) is 11.6 Å². The number of nitrogens with one attached hydrogen (secondary N) is 1. The fourth-order valence-corrected chi connectivity index (χ4v) is 3.33. The molecule has 3 aromatic carbocycles. The molecule has 8 nitrogen and oxygen atoms in total. The van der Waals surface area contributed by atoms with Crippen LogP contribution in [0.15, 0.2) is 70.2 Å². The Morgan fingerprint density at radius 3 is 2.47 bits per heavy atom. The molecule has 1 amide bonds. The maximum absolute atomic E-state index is 12.2. The summed E-state index contributed by atoms with van der Waals surface area (Å²) in [4.78, 5) is 22.5. The summed E-state index contributed by atoms with van der Waals surface area (Å²) in [5, 5.41) is 14.8. The van der Waals surface area contributed by atoms with Crippen LogP contribution in [0.25, 0.3) is 0 Å². The summed E-state index contributed by atoms with van der Waals surface area (Å²) in [6.07, 6.45) is 1.50. The Balaban J connectivity index is 1.67. The third-order valence-corrected chi connectivity index (χ3v) is 5.06. The van der Waals surface area contributed by atoms with E-state index in [4.69, 9.17) is 9.47 Å². The van der Waals surface area contributed by atoms with Crippen LogP contribution in [0, 0.1) is 17.0 Å². The van der Waals surface area contributed by atoms with Gasteiger partial charge in [-0.2, -0.15) is 5.10 Å². The highest BCUT2D eigenvalue weighted by molar-refractivity contribution is 9.10. The zero-order chi connectivity index (χ0) is 23.1. The van der Waals surface area contributed by atoms with Crippen molar-refractivity contribution in [3.63, 3.8) is 0 Å². The van der Waals surface area contributed by atoms with E-state index in [1.54, 1.807) is 36.4 Å². The number of nitro groups is 1. The van der Waals surface area contributed by atoms with Crippen molar-refractivity contribution in [3.8, 4) is 11.5 Å². The number of hydrogen-bond acceptors (Lipinski definition) is 6. The van der Waals surface area contributed by atoms with Crippen LogP contribution in [0.4, 0.5) is 5.69 Å². The number of rotatable bonds is 8. The normalized spacial score (nSPS) is 10.7. The number of aryl methyl sites for hydroxylation is 1. The lowest BCUT2D eigenvalue weighted by Gasteiger charge is -2.13. The van der Waals surface area contributed by atoms with Gasteiger partial charge < -0.3 is 9.47 Å². The van der Waals surface area contributed by atoms with Gasteiger partial charge in [0.1, 0.15) is 6.61 Å². The van der Waals surface area contributed by atoms with Crippen molar-refractivity contribution in [1.29, 1.82) is 0 Å². The molecule has 9 heteroatoms. The number of nitro benzene ring substituents is 1. The van der Waals surface area contributed by atoms with E-state index in [2.05, 4.69) is 26.5 Å². The molecule has 32 heavy (non-hydrogen) atoms. The molecule has 0 spiro atoms. The first-order valence-corrected chi connectivity index (χ1v) is 10.3. The van der Waals surface area contributed by atoms with E-state index >= 15 is 0 Å². The summed E-state index contributed by atoms with van der Waals surface area (Å²) >= 11 is 3.46. The van der Waals surface area contributed by atoms with E-state index in [0.717, 1.165) is 11.1 Å². The van der Waals surface area contributed by atoms with Crippen LogP contribution in [-0.2, 0) is 6.61 Å². The van der Waals surface area contributed by atoms with Gasteiger partial charge in [0.15, 0.2) is 11.5 Å². The van der Waals surface area contributed by atoms with Crippen LogP contribution in [0.1, 0.15) is 27.0 Å². The topological polar surface area (TPSA) is 103 Å². The maximum atomic E-state index is 12.2. The molecule has 0 aromatic heterocycles. The van der Waals surface area contributed by atoms with Crippen molar-refractivity contribution < 1.29 is 19.2 Å². The second kappa shape index (κ2) is 10.5. The number of nitrogens with zero attached hydrogens (tertiary/aromatic N) is 2. The first-order chi connectivity index (χ1) is 15.4. The summed E-state index contributed by atoms with van der Waals surface area (Å²) in [6.45, 7) is 2.15. The quantitative estimate of drug-likeness (QED) is 0.267. The van der Waals surface area contributed by atoms with Crippen molar-refractivity contribution in [2.75, 3.05) is 7.11 Å². The van der Waals surface area contributed by atoms with Crippen molar-refractivity contribution >= 4 is 33.7 Å². The second-order valence-electron chi connectivity index (χ2n) is 6.81. The van der Waals surface area contributed by atoms with Crippen LogP contribution in [0.5, 0.6) is 11.5 Å². The minimum Gasteiger partial charge on any atom is -0.493 e. The summed E-state index contributed by atoms with van der Waals surface area (Å²) in [6, 6.07) is 16.8. The SMILES string of the molecule is COc1cc(/C=N/NC(=O)c2ccc(C)cc2)cc(Br)c1OCc1ccc([N+](=O)[O-])cc1. The van der Waals surface area contributed by atoms with Gasteiger partial charge in [-0.3, -0.25) is 14.9 Å². The smallest absolute Gasteiger partial charge is 0.271 e. The van der Waals surface area contributed by atoms with Gasteiger partial charge in [-0.1, -0.05) is 17.7 Å². The molecule has 0 heterocycles. The average molecular weight is 498 g/mol. The van der Waals surface area contributed by atoms with E-state index in [-0.39, 0.29) is 18.2 Å². The van der Waals surface area contributed by atoms with Gasteiger partial charge in [-0.25, -0.2) is 5.43 Å². The third-order valence-electron chi connectivity index (χ3n) is 4.48. The summed E-state index contributed by atoms with van der Waals surface area (Å²) in [5.74, 6) is 0.634. The van der Waals surface area contributed by atoms with Crippen LogP contribution < -0.4 is 14.9 Å². The van der Waals surface area contributed by atoms with Crippen LogP contribution in [0.3, 0.4) is 0 Å². The number of methoxy groups -OCH3 is 1. The Morgan fingerprint density at radius 2 is 1.84 bits per heavy atom. The van der Waals surface area contributed by atoms with Crippen molar-refractivity contribution in [2.24, 2.45) is 5.10 Å². The van der Waals surface area contributed by atoms with E-state index in [1.807, 2.05) is 19.1 Å². The highest BCUT2D eigenvalue weighted by atomic mass is 79.9. The molecule has 0 fully saturated rings. The number of benzene rings is 3. The summed E-state index contributed by atoms with van der Waals surface area (Å²) in [5.41, 5.74) is 5.55. The second-order valence-corrected chi connectivity index (χ2v) is 7.67. The highest BCUT2D eigenvalue weighted by Crippen LogP contribution is 2.37. The molecule has 3 rings (SSSR count). The molecule has 1 N–H and O–H groups in total. The minimum atomic E-state index is -0.451. The van der Waals surface area contributed by atoms with E-state index in [9.17, 15) is 14.9 Å². The standard InChI is InChI=1S/C23H20BrN3O5/c1-15-3-7-18(8-4-15)23(28)26-25-13-17-11-20(24)22(21(12-17)31-2)32-14-16-5-9-19(10-6-16)27(29)30/h3-13H,14H2,1-2H3,(H,26,28)/b25-13+. The molecule has 0 atom stereocenters. The molecule has 0 aliphatic rings. The maximum Gasteiger partial charge on any atom is 0.271 e. The van der Waals surface area contributed by atoms with E-state index in [1.165, 1.54) is 25.5 Å². The zero-order valence-corrected chi connectivity index (χ0v) is 19.0. The van der Waals surface area contributed by atoms with E-state index < -0.39 is 4.92 Å². The van der Waals surface area contributed by atoms with Gasteiger partial charge in [-0.15, -0.1) is 0 Å². The van der Waals surface area contributed by atoms with Gasteiger partial charge in [0.05, 0.1) is 22.7 Å². The molecule has 0 unspecified atom stereocenters. The monoisotopic (exact) mass is 497 g/mol. The molecule has 0 aliphatic heterocycles. The molecular formula is C23H20BrN3O5. The van der Waals surface area contributed by atoms with Crippen molar-refractivity contribution in [1.82, 2.24) is 5.43 Å². The molecule has 0 saturated carbocycles. The first-order valence-electron chi connectivity index (χ1n) is 9.51. The molecule has 0 aliphatic carbocycles. The first kappa shape index (κ1) is 23.0. The number of carbonyl (C=O) groups is 1. The number of hydrogen-bond donors (Lipinski definition) is 1. The van der Waals surface area contributed by atoms with Crippen molar-refractivity contribution in [2.45, 2.75) is 13.5 Å². The summed E-state index contributed by atoms with van der Waals surface area (Å²) < 4.78 is 11.9. The van der Waals surface area contributed by atoms with Crippen LogP contribution in [-0.4, -0.2) is 24.2 Å². The number of hydrazone groups is 1. The van der Waals surface area contributed by atoms with Gasteiger partial charge >= 0.3 is 0 Å². The summed E-state index contributed by atoms with van der Waals surface area (Å²) in [7, 11) is 1.51. The Bertz CT molecular complexity index is 1150. The van der Waals surface area contributed by atoms with Crippen LogP contribution in [0.2, 0.25) is 0 Å². The number of ether oxygens (including phenoxy) is 2. The van der Waals surface area contributed by atoms with Crippen molar-refractivity contribution in [3.05, 3.63) is 97.5 Å². The molecule has 3 aromatic rings. The van der Waals surface area contributed by atoms with Crippen LogP contribution >= 0.6 is 15.9 Å². The van der Waals surface area contributed by atoms with Gasteiger partial charge in [0, 0.05) is 17.7 Å². The predicted molar refractivity (Wildman–Crippen MR) is 124 cm³/mol. The molecule has 164 valence electrons. The number of non-ortho nitro benzene ring substituents is 1. The number of halogens is 1. The lowest BCUT2D eigenvalue weighted by atomic mass is 10.1. The Kier molecular flexibility index (Phi) is 7.56. The largest absolute Gasteiger partial charge is 0.493 e. The minimum absolute atomic E-state index is 0.0191. The third kappa shape index (κ3) is 5.92. The molecule has 0 bridgehead atoms. The number of carbonyl (C=O) groups excluding carboxylic acids is 1.